The van der Waals surface area contributed by atoms with Gasteiger partial charge in [-0.15, -0.1) is 0 Å². The number of hydrogen-bond acceptors (Lipinski definition) is 3. The number of nitrogens with zero attached hydrogens (tertiary/aromatic N) is 1. The van der Waals surface area contributed by atoms with Crippen LogP contribution in [0.2, 0.25) is 0 Å². The van der Waals surface area contributed by atoms with Crippen molar-refractivity contribution >= 4 is 5.78 Å². The molecule has 92 valence electrons. The van der Waals surface area contributed by atoms with E-state index in [2.05, 4.69) is 4.90 Å². The van der Waals surface area contributed by atoms with Gasteiger partial charge < -0.3 is 5.73 Å². The van der Waals surface area contributed by atoms with Crippen molar-refractivity contribution in [3.05, 3.63) is 35.4 Å². The van der Waals surface area contributed by atoms with Crippen LogP contribution in [0.3, 0.4) is 0 Å². The smallest absolute Gasteiger partial charge is 0.177 e. The normalized spacial score (nSPS) is 20.7. The first-order valence-corrected chi connectivity index (χ1v) is 6.22. The van der Waals surface area contributed by atoms with Crippen molar-refractivity contribution in [2.45, 2.75) is 13.3 Å². The number of nitrogens with two attached hydrogens (primary N) is 1. The third kappa shape index (κ3) is 2.93. The van der Waals surface area contributed by atoms with Crippen molar-refractivity contribution in [3.8, 4) is 0 Å². The van der Waals surface area contributed by atoms with Gasteiger partial charge >= 0.3 is 0 Å². The molecule has 1 unspecified atom stereocenters. The Balaban J connectivity index is 1.96. The molecule has 3 nitrogen and oxygen atoms in total. The van der Waals surface area contributed by atoms with E-state index in [0.29, 0.717) is 12.5 Å². The van der Waals surface area contributed by atoms with Crippen molar-refractivity contribution in [2.24, 2.45) is 11.7 Å². The van der Waals surface area contributed by atoms with Crippen LogP contribution in [-0.2, 0) is 0 Å². The number of hydrogen-bond donors (Lipinski definition) is 1. The average Bonchev–Trinajstić information content (AvgIpc) is 2.77. The van der Waals surface area contributed by atoms with E-state index in [9.17, 15) is 4.79 Å². The van der Waals surface area contributed by atoms with E-state index in [1.807, 2.05) is 31.2 Å². The van der Waals surface area contributed by atoms with Gasteiger partial charge in [0.15, 0.2) is 5.78 Å². The van der Waals surface area contributed by atoms with Crippen LogP contribution in [0.15, 0.2) is 24.3 Å². The molecule has 1 aromatic carbocycles. The van der Waals surface area contributed by atoms with Crippen molar-refractivity contribution in [1.82, 2.24) is 4.90 Å². The number of ketones is 1. The monoisotopic (exact) mass is 232 g/mol. The summed E-state index contributed by atoms with van der Waals surface area (Å²) in [5.41, 5.74) is 7.56. The third-order valence-electron chi connectivity index (χ3n) is 3.52. The van der Waals surface area contributed by atoms with E-state index in [-0.39, 0.29) is 5.78 Å². The second-order valence-electron chi connectivity index (χ2n) is 4.86. The largest absolute Gasteiger partial charge is 0.330 e. The number of aryl methyl sites for hydroxylation is 1. The van der Waals surface area contributed by atoms with E-state index in [1.165, 1.54) is 0 Å². The molecule has 17 heavy (non-hydrogen) atoms. The van der Waals surface area contributed by atoms with Crippen LogP contribution < -0.4 is 5.73 Å². The lowest BCUT2D eigenvalue weighted by molar-refractivity contribution is 0.0943. The summed E-state index contributed by atoms with van der Waals surface area (Å²) in [6.45, 7) is 5.21. The van der Waals surface area contributed by atoms with Crippen LogP contribution in [-0.4, -0.2) is 36.9 Å². The Bertz CT molecular complexity index is 403. The predicted molar refractivity (Wildman–Crippen MR) is 69.1 cm³/mol. The third-order valence-corrected chi connectivity index (χ3v) is 3.52. The SMILES string of the molecule is Cc1ccccc1C(=O)CN1CCC(CN)C1. The first-order valence-electron chi connectivity index (χ1n) is 6.22. The summed E-state index contributed by atoms with van der Waals surface area (Å²) in [7, 11) is 0. The average molecular weight is 232 g/mol. The Morgan fingerprint density at radius 3 is 2.88 bits per heavy atom. The van der Waals surface area contributed by atoms with Crippen LogP contribution in [0, 0.1) is 12.8 Å². The van der Waals surface area contributed by atoms with E-state index in [0.717, 1.165) is 37.2 Å². The molecule has 1 saturated heterocycles. The molecule has 1 fully saturated rings. The molecule has 0 radical (unpaired) electrons. The molecule has 0 bridgehead atoms. The Morgan fingerprint density at radius 1 is 1.47 bits per heavy atom. The van der Waals surface area contributed by atoms with Crippen molar-refractivity contribution in [2.75, 3.05) is 26.2 Å². The molecule has 1 aromatic rings. The predicted octanol–water partition coefficient (Wildman–Crippen LogP) is 1.46. The lowest BCUT2D eigenvalue weighted by Gasteiger charge is -2.15. The molecule has 2 rings (SSSR count). The lowest BCUT2D eigenvalue weighted by atomic mass is 10.0. The van der Waals surface area contributed by atoms with Crippen molar-refractivity contribution in [3.63, 3.8) is 0 Å². The van der Waals surface area contributed by atoms with Gasteiger partial charge in [0.2, 0.25) is 0 Å². The second kappa shape index (κ2) is 5.43. The number of Topliss-reactive ketones (excluding diaryl/α,β-unsaturated/α-hetero) is 1. The first kappa shape index (κ1) is 12.3. The zero-order valence-electron chi connectivity index (χ0n) is 10.4. The summed E-state index contributed by atoms with van der Waals surface area (Å²) in [6, 6.07) is 7.79. The Morgan fingerprint density at radius 2 is 2.24 bits per heavy atom. The van der Waals surface area contributed by atoms with Crippen LogP contribution >= 0.6 is 0 Å². The number of carbonyl (C=O) groups is 1. The van der Waals surface area contributed by atoms with E-state index in [4.69, 9.17) is 5.73 Å². The summed E-state index contributed by atoms with van der Waals surface area (Å²) in [5.74, 6) is 0.792. The molecule has 0 saturated carbocycles. The molecule has 0 aromatic heterocycles. The maximum Gasteiger partial charge on any atom is 0.177 e. The summed E-state index contributed by atoms with van der Waals surface area (Å²) in [6.07, 6.45) is 1.12. The highest BCUT2D eigenvalue weighted by atomic mass is 16.1. The highest BCUT2D eigenvalue weighted by molar-refractivity contribution is 5.98. The summed E-state index contributed by atoms with van der Waals surface area (Å²) in [5, 5.41) is 0. The second-order valence-corrected chi connectivity index (χ2v) is 4.86. The minimum Gasteiger partial charge on any atom is -0.330 e. The van der Waals surface area contributed by atoms with Gasteiger partial charge in [-0.25, -0.2) is 0 Å². The zero-order chi connectivity index (χ0) is 12.3. The van der Waals surface area contributed by atoms with E-state index < -0.39 is 0 Å². The topological polar surface area (TPSA) is 46.3 Å². The fourth-order valence-corrected chi connectivity index (χ4v) is 2.42. The van der Waals surface area contributed by atoms with Gasteiger partial charge in [0.25, 0.3) is 0 Å². The van der Waals surface area contributed by atoms with Crippen LogP contribution in [0.25, 0.3) is 0 Å². The van der Waals surface area contributed by atoms with Gasteiger partial charge in [-0.3, -0.25) is 9.69 Å². The van der Waals surface area contributed by atoms with Gasteiger partial charge in [0, 0.05) is 12.1 Å². The molecule has 1 aliphatic rings. The Kier molecular flexibility index (Phi) is 3.92. The molecular weight excluding hydrogens is 212 g/mol. The molecule has 0 aliphatic carbocycles. The molecular formula is C14H20N2O. The first-order chi connectivity index (χ1) is 8.20. The fraction of sp³-hybridized carbons (Fsp3) is 0.500. The minimum absolute atomic E-state index is 0.223. The van der Waals surface area contributed by atoms with Gasteiger partial charge in [0.1, 0.15) is 0 Å². The minimum atomic E-state index is 0.223. The molecule has 1 atom stereocenters. The van der Waals surface area contributed by atoms with E-state index >= 15 is 0 Å². The van der Waals surface area contributed by atoms with Crippen molar-refractivity contribution < 1.29 is 4.79 Å². The number of carbonyl (C=O) groups excluding carboxylic acids is 1. The summed E-state index contributed by atoms with van der Waals surface area (Å²) < 4.78 is 0. The van der Waals surface area contributed by atoms with Crippen molar-refractivity contribution in [1.29, 1.82) is 0 Å². The molecule has 1 aliphatic heterocycles. The maximum atomic E-state index is 12.1. The summed E-state index contributed by atoms with van der Waals surface area (Å²) >= 11 is 0. The number of likely N-dealkylation sites (tertiary alicyclic amines) is 1. The van der Waals surface area contributed by atoms with Crippen LogP contribution in [0.5, 0.6) is 0 Å². The molecule has 2 N–H and O–H groups in total. The standard InChI is InChI=1S/C14H20N2O/c1-11-4-2-3-5-13(11)14(17)10-16-7-6-12(8-15)9-16/h2-5,12H,6-10,15H2,1H3. The molecule has 3 heteroatoms. The highest BCUT2D eigenvalue weighted by Gasteiger charge is 2.23. The quantitative estimate of drug-likeness (QED) is 0.799. The van der Waals surface area contributed by atoms with Gasteiger partial charge in [-0.1, -0.05) is 24.3 Å². The number of rotatable bonds is 4. The fourth-order valence-electron chi connectivity index (χ4n) is 2.42. The van der Waals surface area contributed by atoms with Gasteiger partial charge in [0.05, 0.1) is 6.54 Å². The molecule has 1 heterocycles. The number of benzene rings is 1. The lowest BCUT2D eigenvalue weighted by Crippen LogP contribution is -2.29. The van der Waals surface area contributed by atoms with E-state index in [1.54, 1.807) is 0 Å². The zero-order valence-corrected chi connectivity index (χ0v) is 10.4. The maximum absolute atomic E-state index is 12.1. The Hall–Kier alpha value is -1.19. The van der Waals surface area contributed by atoms with Crippen LogP contribution in [0.1, 0.15) is 22.3 Å². The summed E-state index contributed by atoms with van der Waals surface area (Å²) in [4.78, 5) is 14.4. The van der Waals surface area contributed by atoms with Crippen LogP contribution in [0.4, 0.5) is 0 Å². The Labute approximate surface area is 103 Å². The molecule has 0 spiro atoms. The van der Waals surface area contributed by atoms with Gasteiger partial charge in [-0.05, 0) is 37.9 Å². The van der Waals surface area contributed by atoms with Gasteiger partial charge in [-0.2, -0.15) is 0 Å². The molecule has 0 amide bonds. The highest BCUT2D eigenvalue weighted by Crippen LogP contribution is 2.16.